The average Bonchev–Trinajstić information content (AvgIpc) is 3.12. The van der Waals surface area contributed by atoms with Gasteiger partial charge in [0.05, 0.1) is 25.3 Å². The molecular formula is C23H21N3O5. The summed E-state index contributed by atoms with van der Waals surface area (Å²) in [4.78, 5) is 16.5. The number of ether oxygens (including phenoxy) is 3. The summed E-state index contributed by atoms with van der Waals surface area (Å²) in [6.07, 6.45) is 2.74. The number of hydrogen-bond acceptors (Lipinski definition) is 7. The first-order valence-corrected chi connectivity index (χ1v) is 9.28. The molecule has 8 nitrogen and oxygen atoms in total. The Morgan fingerprint density at radius 1 is 1.19 bits per heavy atom. The molecule has 0 aliphatic rings. The smallest absolute Gasteiger partial charge is 0.331 e. The number of benzene rings is 2. The lowest BCUT2D eigenvalue weighted by Crippen LogP contribution is -2.07. The molecule has 31 heavy (non-hydrogen) atoms. The van der Waals surface area contributed by atoms with Crippen LogP contribution in [0.5, 0.6) is 11.5 Å². The van der Waals surface area contributed by atoms with E-state index in [0.29, 0.717) is 22.6 Å². The first-order valence-electron chi connectivity index (χ1n) is 9.28. The Labute approximate surface area is 179 Å². The maximum Gasteiger partial charge on any atom is 0.331 e. The number of aliphatic hydroxyl groups excluding tert-OH is 1. The number of carbonyl (C=O) groups excluding carboxylic acids is 1. The van der Waals surface area contributed by atoms with Crippen LogP contribution in [0.4, 0.5) is 0 Å². The lowest BCUT2D eigenvalue weighted by atomic mass is 10.2. The van der Waals surface area contributed by atoms with Crippen molar-refractivity contribution in [2.45, 2.75) is 0 Å². The molecule has 0 bridgehead atoms. The van der Waals surface area contributed by atoms with E-state index < -0.39 is 12.6 Å². The Balaban J connectivity index is 1.74. The van der Waals surface area contributed by atoms with Crippen molar-refractivity contribution in [1.29, 1.82) is 5.26 Å². The van der Waals surface area contributed by atoms with Crippen LogP contribution in [0.15, 0.2) is 54.3 Å². The number of nitrogens with zero attached hydrogens (tertiary/aromatic N) is 3. The molecule has 0 radical (unpaired) electrons. The second-order valence-corrected chi connectivity index (χ2v) is 6.50. The van der Waals surface area contributed by atoms with Crippen LogP contribution in [0.3, 0.4) is 0 Å². The molecule has 1 N–H and O–H groups in total. The number of aryl methyl sites for hydroxylation is 1. The number of nitriles is 1. The zero-order valence-electron chi connectivity index (χ0n) is 17.3. The van der Waals surface area contributed by atoms with Gasteiger partial charge in [0, 0.05) is 19.2 Å². The first kappa shape index (κ1) is 21.5. The Hall–Kier alpha value is -4.25. The molecular weight excluding hydrogens is 398 g/mol. The van der Waals surface area contributed by atoms with Crippen molar-refractivity contribution in [3.05, 3.63) is 65.7 Å². The van der Waals surface area contributed by atoms with E-state index in [-0.39, 0.29) is 17.2 Å². The molecule has 3 rings (SSSR count). The van der Waals surface area contributed by atoms with E-state index in [2.05, 4.69) is 4.98 Å². The Morgan fingerprint density at radius 3 is 2.48 bits per heavy atom. The van der Waals surface area contributed by atoms with Crippen LogP contribution >= 0.6 is 0 Å². The van der Waals surface area contributed by atoms with Gasteiger partial charge in [-0.15, -0.1) is 0 Å². The quantitative estimate of drug-likeness (QED) is 0.270. The van der Waals surface area contributed by atoms with Crippen molar-refractivity contribution >= 4 is 28.7 Å². The monoisotopic (exact) mass is 419 g/mol. The molecule has 0 saturated heterocycles. The van der Waals surface area contributed by atoms with Crippen LogP contribution in [0.25, 0.3) is 22.7 Å². The van der Waals surface area contributed by atoms with Gasteiger partial charge in [-0.25, -0.2) is 9.78 Å². The summed E-state index contributed by atoms with van der Waals surface area (Å²) in [5, 5.41) is 19.9. The Morgan fingerprint density at radius 2 is 1.87 bits per heavy atom. The normalized spacial score (nSPS) is 11.8. The fourth-order valence-corrected chi connectivity index (χ4v) is 2.96. The van der Waals surface area contributed by atoms with Gasteiger partial charge < -0.3 is 23.9 Å². The van der Waals surface area contributed by atoms with Gasteiger partial charge in [0.15, 0.2) is 11.6 Å². The first-order chi connectivity index (χ1) is 15.0. The second-order valence-electron chi connectivity index (χ2n) is 6.50. The molecule has 0 atom stereocenters. The molecule has 1 heterocycles. The standard InChI is InChI=1S/C23H21N3O5/c1-26-20-7-5-4-6-19(20)25-23(26)18(13-24)21(27)14-31-22(28)9-8-15-10-16(29-2)12-17(11-15)30-3/h4-12,27H,14H2,1-3H3/b9-8+,21-18-. The van der Waals surface area contributed by atoms with Crippen LogP contribution in [0, 0.1) is 11.3 Å². The van der Waals surface area contributed by atoms with Crippen molar-refractivity contribution in [1.82, 2.24) is 9.55 Å². The highest BCUT2D eigenvalue weighted by Crippen LogP contribution is 2.24. The van der Waals surface area contributed by atoms with Gasteiger partial charge >= 0.3 is 5.97 Å². The van der Waals surface area contributed by atoms with Crippen molar-refractivity contribution in [2.75, 3.05) is 20.8 Å². The number of fused-ring (bicyclic) bond motifs is 1. The number of imidazole rings is 1. The number of allylic oxidation sites excluding steroid dienone is 1. The molecule has 0 aliphatic carbocycles. The van der Waals surface area contributed by atoms with Gasteiger partial charge in [0.25, 0.3) is 0 Å². The number of hydrogen-bond donors (Lipinski definition) is 1. The highest BCUT2D eigenvalue weighted by molar-refractivity contribution is 5.88. The molecule has 0 unspecified atom stereocenters. The zero-order chi connectivity index (χ0) is 22.4. The second kappa shape index (κ2) is 9.50. The van der Waals surface area contributed by atoms with Crippen molar-refractivity contribution in [2.24, 2.45) is 7.05 Å². The summed E-state index contributed by atoms with van der Waals surface area (Å²) in [5.41, 5.74) is 2.11. The molecule has 1 aromatic heterocycles. The molecule has 3 aromatic rings. The molecule has 8 heteroatoms. The molecule has 0 fully saturated rings. The van der Waals surface area contributed by atoms with E-state index >= 15 is 0 Å². The third-order valence-corrected chi connectivity index (χ3v) is 4.55. The molecule has 2 aromatic carbocycles. The van der Waals surface area contributed by atoms with Gasteiger partial charge in [0.2, 0.25) is 0 Å². The fourth-order valence-electron chi connectivity index (χ4n) is 2.96. The molecule has 158 valence electrons. The van der Waals surface area contributed by atoms with Gasteiger partial charge in [-0.2, -0.15) is 5.26 Å². The number of methoxy groups -OCH3 is 2. The number of carbonyl (C=O) groups is 1. The number of aliphatic hydroxyl groups is 1. The van der Waals surface area contributed by atoms with Gasteiger partial charge in [0.1, 0.15) is 29.7 Å². The van der Waals surface area contributed by atoms with Crippen molar-refractivity contribution in [3.8, 4) is 17.6 Å². The van der Waals surface area contributed by atoms with E-state index in [9.17, 15) is 15.2 Å². The van der Waals surface area contributed by atoms with E-state index in [0.717, 1.165) is 5.52 Å². The number of aromatic nitrogens is 2. The Bertz CT molecular complexity index is 1200. The van der Waals surface area contributed by atoms with Gasteiger partial charge in [-0.05, 0) is 35.9 Å². The summed E-state index contributed by atoms with van der Waals surface area (Å²) in [7, 11) is 4.80. The minimum absolute atomic E-state index is 0.0620. The minimum atomic E-state index is -0.685. The number of para-hydroxylation sites is 2. The van der Waals surface area contributed by atoms with Crippen LogP contribution in [-0.4, -0.2) is 41.5 Å². The predicted molar refractivity (Wildman–Crippen MR) is 115 cm³/mol. The summed E-state index contributed by atoms with van der Waals surface area (Å²) in [5.74, 6) is 0.376. The lowest BCUT2D eigenvalue weighted by Gasteiger charge is -2.06. The molecule has 0 spiro atoms. The number of rotatable bonds is 7. The van der Waals surface area contributed by atoms with Crippen LogP contribution in [0.1, 0.15) is 11.4 Å². The molecule has 0 saturated carbocycles. The molecule has 0 amide bonds. The zero-order valence-corrected chi connectivity index (χ0v) is 17.3. The topological polar surface area (TPSA) is 107 Å². The number of esters is 1. The van der Waals surface area contributed by atoms with Crippen LogP contribution in [0.2, 0.25) is 0 Å². The predicted octanol–water partition coefficient (Wildman–Crippen LogP) is 3.64. The van der Waals surface area contributed by atoms with E-state index in [4.69, 9.17) is 14.2 Å². The van der Waals surface area contributed by atoms with Crippen molar-refractivity contribution in [3.63, 3.8) is 0 Å². The maximum absolute atomic E-state index is 12.1. The van der Waals surface area contributed by atoms with Gasteiger partial charge in [-0.3, -0.25) is 0 Å². The van der Waals surface area contributed by atoms with E-state index in [1.165, 1.54) is 26.4 Å². The summed E-state index contributed by atoms with van der Waals surface area (Å²) >= 11 is 0. The maximum atomic E-state index is 12.1. The van der Waals surface area contributed by atoms with Crippen LogP contribution < -0.4 is 9.47 Å². The highest BCUT2D eigenvalue weighted by atomic mass is 16.5. The third kappa shape index (κ3) is 4.85. The van der Waals surface area contributed by atoms with E-state index in [1.807, 2.05) is 30.3 Å². The van der Waals surface area contributed by atoms with Crippen molar-refractivity contribution < 1.29 is 24.1 Å². The third-order valence-electron chi connectivity index (χ3n) is 4.55. The SMILES string of the molecule is COc1cc(/C=C/C(=O)OC/C(O)=C(\C#N)c2nc3ccccc3n2C)cc(OC)c1. The average molecular weight is 419 g/mol. The lowest BCUT2D eigenvalue weighted by molar-refractivity contribution is -0.137. The Kier molecular flexibility index (Phi) is 6.58. The van der Waals surface area contributed by atoms with Crippen LogP contribution in [-0.2, 0) is 16.6 Å². The summed E-state index contributed by atoms with van der Waals surface area (Å²) < 4.78 is 17.1. The van der Waals surface area contributed by atoms with Gasteiger partial charge in [-0.1, -0.05) is 12.1 Å². The largest absolute Gasteiger partial charge is 0.507 e. The summed E-state index contributed by atoms with van der Waals surface area (Å²) in [6.45, 7) is -0.462. The summed E-state index contributed by atoms with van der Waals surface area (Å²) in [6, 6.07) is 14.5. The molecule has 0 aliphatic heterocycles. The minimum Gasteiger partial charge on any atom is -0.507 e. The highest BCUT2D eigenvalue weighted by Gasteiger charge is 2.17. The van der Waals surface area contributed by atoms with E-state index in [1.54, 1.807) is 29.8 Å². The fraction of sp³-hybridized carbons (Fsp3) is 0.174.